The maximum absolute atomic E-state index is 14.9. The summed E-state index contributed by atoms with van der Waals surface area (Å²) in [6, 6.07) is 4.54. The van der Waals surface area contributed by atoms with Gasteiger partial charge in [-0.3, -0.25) is 4.79 Å². The number of aromatic nitrogens is 1. The van der Waals surface area contributed by atoms with Crippen LogP contribution in [0.5, 0.6) is 5.75 Å². The van der Waals surface area contributed by atoms with Gasteiger partial charge in [-0.25, -0.2) is 18.4 Å². The first-order chi connectivity index (χ1) is 11.4. The molecule has 3 heterocycles. The number of nitrogens with one attached hydrogen (secondary N) is 1. The Morgan fingerprint density at radius 2 is 2.12 bits per heavy atom. The average molecular weight is 353 g/mol. The molecule has 0 spiro atoms. The lowest BCUT2D eigenvalue weighted by atomic mass is 10.0. The van der Waals surface area contributed by atoms with Crippen molar-refractivity contribution in [3.05, 3.63) is 29.7 Å². The molecule has 4 rings (SSSR count). The van der Waals surface area contributed by atoms with Crippen LogP contribution in [0.15, 0.2) is 18.2 Å². The summed E-state index contributed by atoms with van der Waals surface area (Å²) < 4.78 is 46.1. The summed E-state index contributed by atoms with van der Waals surface area (Å²) in [5.74, 6) is -2.32. The van der Waals surface area contributed by atoms with Gasteiger partial charge in [0, 0.05) is 17.0 Å². The van der Waals surface area contributed by atoms with Crippen LogP contribution in [0, 0.1) is 5.82 Å². The Balaban J connectivity index is 1.90. The first-order valence-electron chi connectivity index (χ1n) is 7.10. The Labute approximate surface area is 136 Å². The van der Waals surface area contributed by atoms with Crippen molar-refractivity contribution in [2.45, 2.75) is 5.92 Å². The fourth-order valence-corrected chi connectivity index (χ4v) is 3.90. The number of fused-ring (bicyclic) bond motifs is 1. The second-order valence-corrected chi connectivity index (χ2v) is 7.23. The molecule has 0 saturated carbocycles. The maximum Gasteiger partial charge on any atom is 0.326 e. The zero-order chi connectivity index (χ0) is 17.1. The largest absolute Gasteiger partial charge is 0.506 e. The molecule has 0 atom stereocenters. The predicted octanol–water partition coefficient (Wildman–Crippen LogP) is 0.374. The molecule has 1 aromatic heterocycles. The van der Waals surface area contributed by atoms with Gasteiger partial charge in [-0.15, -0.1) is 0 Å². The van der Waals surface area contributed by atoms with E-state index in [1.807, 2.05) is 0 Å². The van der Waals surface area contributed by atoms with Crippen molar-refractivity contribution in [2.24, 2.45) is 0 Å². The van der Waals surface area contributed by atoms with Crippen LogP contribution in [0.4, 0.5) is 10.1 Å². The highest BCUT2D eigenvalue weighted by Crippen LogP contribution is 2.38. The van der Waals surface area contributed by atoms with E-state index >= 15 is 0 Å². The number of hydrogen-bond donors (Lipinski definition) is 2. The molecule has 2 fully saturated rings. The van der Waals surface area contributed by atoms with E-state index in [9.17, 15) is 22.7 Å². The minimum absolute atomic E-state index is 0.0600. The van der Waals surface area contributed by atoms with Gasteiger partial charge in [0.25, 0.3) is 5.91 Å². The van der Waals surface area contributed by atoms with Crippen LogP contribution >= 0.6 is 0 Å². The number of carbonyl (C=O) groups is 1. The van der Waals surface area contributed by atoms with Gasteiger partial charge in [0.15, 0.2) is 5.82 Å². The van der Waals surface area contributed by atoms with E-state index in [0.717, 1.165) is 0 Å². The molecule has 24 heavy (non-hydrogen) atoms. The van der Waals surface area contributed by atoms with Crippen molar-refractivity contribution in [1.29, 1.82) is 0 Å². The van der Waals surface area contributed by atoms with Crippen LogP contribution in [0.3, 0.4) is 0 Å². The minimum atomic E-state index is -4.24. The van der Waals surface area contributed by atoms with Gasteiger partial charge in [0.2, 0.25) is 0 Å². The van der Waals surface area contributed by atoms with Gasteiger partial charge >= 0.3 is 10.2 Å². The molecule has 0 bridgehead atoms. The first-order valence-corrected chi connectivity index (χ1v) is 8.54. The third-order valence-electron chi connectivity index (χ3n) is 4.02. The number of amides is 1. The van der Waals surface area contributed by atoms with Crippen molar-refractivity contribution in [3.63, 3.8) is 0 Å². The second kappa shape index (κ2) is 5.02. The van der Waals surface area contributed by atoms with Crippen molar-refractivity contribution in [3.8, 4) is 5.75 Å². The molecule has 2 aliphatic rings. The lowest BCUT2D eigenvalue weighted by Gasteiger charge is -2.25. The summed E-state index contributed by atoms with van der Waals surface area (Å²) in [6.07, 6.45) is 0. The Bertz CT molecular complexity index is 974. The molecule has 126 valence electrons. The van der Waals surface area contributed by atoms with Crippen LogP contribution in [0.1, 0.15) is 11.6 Å². The van der Waals surface area contributed by atoms with E-state index in [1.165, 1.54) is 6.07 Å². The van der Waals surface area contributed by atoms with E-state index < -0.39 is 39.9 Å². The van der Waals surface area contributed by atoms with Crippen LogP contribution in [0.25, 0.3) is 10.9 Å². The van der Waals surface area contributed by atoms with E-state index in [2.05, 4.69) is 4.98 Å². The zero-order valence-corrected chi connectivity index (χ0v) is 13.0. The zero-order valence-electron chi connectivity index (χ0n) is 12.2. The van der Waals surface area contributed by atoms with E-state index in [0.29, 0.717) is 28.6 Å². The molecule has 2 aromatic rings. The summed E-state index contributed by atoms with van der Waals surface area (Å²) in [7, 11) is -4.24. The highest BCUT2D eigenvalue weighted by Gasteiger charge is 2.38. The smallest absolute Gasteiger partial charge is 0.326 e. The number of rotatable bonds is 2. The average Bonchev–Trinajstić information content (AvgIpc) is 2.71. The van der Waals surface area contributed by atoms with E-state index in [-0.39, 0.29) is 11.4 Å². The molecule has 1 amide bonds. The van der Waals surface area contributed by atoms with Crippen LogP contribution in [-0.4, -0.2) is 44.2 Å². The number of hydrogen-bond acceptors (Lipinski definition) is 6. The van der Waals surface area contributed by atoms with Crippen LogP contribution in [-0.2, 0) is 19.7 Å². The molecule has 0 aliphatic carbocycles. The summed E-state index contributed by atoms with van der Waals surface area (Å²) >= 11 is 0. The number of ether oxygens (including phenoxy) is 1. The summed E-state index contributed by atoms with van der Waals surface area (Å²) in [5, 5.41) is 10.4. The Kier molecular flexibility index (Phi) is 3.15. The number of benzene rings is 1. The number of nitrogens with zero attached hydrogens (tertiary/aromatic N) is 2. The van der Waals surface area contributed by atoms with E-state index in [1.54, 1.807) is 16.9 Å². The normalized spacial score (nSPS) is 20.2. The third-order valence-corrected chi connectivity index (χ3v) is 5.40. The van der Waals surface area contributed by atoms with Crippen molar-refractivity contribution < 1.29 is 27.4 Å². The number of carbonyl (C=O) groups excluding carboxylic acids is 1. The summed E-state index contributed by atoms with van der Waals surface area (Å²) in [4.78, 5) is 15.6. The van der Waals surface area contributed by atoms with Gasteiger partial charge in [0.05, 0.1) is 13.2 Å². The number of halogens is 1. The Hall–Kier alpha value is -2.46. The van der Waals surface area contributed by atoms with Crippen molar-refractivity contribution >= 4 is 32.7 Å². The first kappa shape index (κ1) is 15.1. The molecule has 2 saturated heterocycles. The number of anilines is 1. The highest BCUT2D eigenvalue weighted by atomic mass is 32.2. The monoisotopic (exact) mass is 353 g/mol. The molecular formula is C14H12FN3O5S. The quantitative estimate of drug-likeness (QED) is 0.808. The fraction of sp³-hybridized carbons (Fsp3) is 0.286. The maximum atomic E-state index is 14.9. The molecule has 2 aliphatic heterocycles. The number of pyridine rings is 1. The third kappa shape index (κ3) is 2.18. The van der Waals surface area contributed by atoms with Gasteiger partial charge in [0.1, 0.15) is 23.5 Å². The lowest BCUT2D eigenvalue weighted by molar-refractivity contribution is -0.117. The van der Waals surface area contributed by atoms with Gasteiger partial charge in [-0.1, -0.05) is 6.07 Å². The highest BCUT2D eigenvalue weighted by molar-refractivity contribution is 7.92. The van der Waals surface area contributed by atoms with Crippen molar-refractivity contribution in [1.82, 2.24) is 9.71 Å². The topological polar surface area (TPSA) is 109 Å². The van der Waals surface area contributed by atoms with Gasteiger partial charge < -0.3 is 9.84 Å². The second-order valence-electron chi connectivity index (χ2n) is 5.64. The number of aromatic hydroxyl groups is 1. The van der Waals surface area contributed by atoms with Crippen LogP contribution < -0.4 is 9.03 Å². The Morgan fingerprint density at radius 3 is 2.71 bits per heavy atom. The summed E-state index contributed by atoms with van der Waals surface area (Å²) in [5.41, 5.74) is -0.0279. The molecule has 8 nitrogen and oxygen atoms in total. The SMILES string of the molecule is O=C1CN(c2c(O)cc3ccc(C4COC4)nc3c2F)S(=O)(=O)N1. The van der Waals surface area contributed by atoms with Crippen molar-refractivity contribution in [2.75, 3.05) is 24.1 Å². The van der Waals surface area contributed by atoms with Gasteiger partial charge in [-0.05, 0) is 12.1 Å². The molecule has 0 unspecified atom stereocenters. The molecule has 1 aromatic carbocycles. The minimum Gasteiger partial charge on any atom is -0.506 e. The molecule has 2 N–H and O–H groups in total. The predicted molar refractivity (Wildman–Crippen MR) is 81.3 cm³/mol. The molecule has 10 heteroatoms. The Morgan fingerprint density at radius 1 is 1.38 bits per heavy atom. The van der Waals surface area contributed by atoms with E-state index in [4.69, 9.17) is 4.74 Å². The standard InChI is InChI=1S/C14H12FN3O5S/c15-12-13-7(1-2-9(16-13)8-5-23-6-8)3-10(19)14(12)18-4-11(20)17-24(18,21)22/h1-3,8,19H,4-6H2,(H,17,20). The summed E-state index contributed by atoms with van der Waals surface area (Å²) in [6.45, 7) is 0.377. The molecule has 0 radical (unpaired) electrons. The lowest BCUT2D eigenvalue weighted by Crippen LogP contribution is -2.30. The fourth-order valence-electron chi connectivity index (χ4n) is 2.73. The molecular weight excluding hydrogens is 341 g/mol. The van der Waals surface area contributed by atoms with Crippen LogP contribution in [0.2, 0.25) is 0 Å². The van der Waals surface area contributed by atoms with Gasteiger partial charge in [-0.2, -0.15) is 8.42 Å². The number of phenolic OH excluding ortho intramolecular Hbond substituents is 1. The number of phenols is 1.